The zero-order chi connectivity index (χ0) is 39.1. The van der Waals surface area contributed by atoms with Crippen LogP contribution in [0.3, 0.4) is 0 Å². The first kappa shape index (κ1) is 53.6. The summed E-state index contributed by atoms with van der Waals surface area (Å²) in [6.45, 7) is 13.8. The largest absolute Gasteiger partial charge is 0.468 e. The van der Waals surface area contributed by atoms with Crippen LogP contribution in [0.5, 0.6) is 0 Å². The minimum atomic E-state index is 0.0286. The van der Waals surface area contributed by atoms with Gasteiger partial charge in [-0.1, -0.05) is 187 Å². The van der Waals surface area contributed by atoms with Crippen LogP contribution < -0.4 is 0 Å². The molecule has 7 heteroatoms. The summed E-state index contributed by atoms with van der Waals surface area (Å²) in [5.74, 6) is 0.0286. The first-order chi connectivity index (χ1) is 26.1. The fourth-order valence-electron chi connectivity index (χ4n) is 6.95. The lowest BCUT2D eigenvalue weighted by molar-refractivity contribution is -0.150. The highest BCUT2D eigenvalue weighted by atomic mass is 16.5. The Morgan fingerprint density at radius 3 is 1.32 bits per heavy atom. The normalized spacial score (nSPS) is 11.1. The van der Waals surface area contributed by atoms with Crippen molar-refractivity contribution in [1.29, 1.82) is 0 Å². The molecule has 0 aliphatic heterocycles. The van der Waals surface area contributed by atoms with Gasteiger partial charge in [0, 0.05) is 13.0 Å². The summed E-state index contributed by atoms with van der Waals surface area (Å²) in [6, 6.07) is 0. The summed E-state index contributed by atoms with van der Waals surface area (Å²) in [5, 5.41) is 3.04. The molecule has 0 N–H and O–H groups in total. The molecule has 0 amide bonds. The van der Waals surface area contributed by atoms with E-state index in [-0.39, 0.29) is 12.1 Å². The van der Waals surface area contributed by atoms with Gasteiger partial charge in [-0.25, -0.2) is 0 Å². The first-order valence-corrected chi connectivity index (χ1v) is 23.3. The van der Waals surface area contributed by atoms with Gasteiger partial charge in [-0.3, -0.25) is 9.59 Å². The van der Waals surface area contributed by atoms with Crippen LogP contribution in [0.1, 0.15) is 246 Å². The third-order valence-electron chi connectivity index (χ3n) is 10.4. The van der Waals surface area contributed by atoms with Crippen LogP contribution in [0.4, 0.5) is 0 Å². The van der Waals surface area contributed by atoms with Gasteiger partial charge < -0.3 is 14.4 Å². The molecule has 0 aromatic heterocycles. The second-order valence-corrected chi connectivity index (χ2v) is 15.6. The predicted molar refractivity (Wildman–Crippen MR) is 229 cm³/mol. The number of hydrogen-bond donors (Lipinski definition) is 0. The Bertz CT molecular complexity index is 706. The van der Waals surface area contributed by atoms with Crippen LogP contribution in [0.2, 0.25) is 0 Å². The van der Waals surface area contributed by atoms with Crippen molar-refractivity contribution in [3.63, 3.8) is 0 Å². The zero-order valence-corrected chi connectivity index (χ0v) is 36.2. The smallest absolute Gasteiger partial charge is 0.306 e. The molecule has 0 bridgehead atoms. The van der Waals surface area contributed by atoms with Crippen LogP contribution in [-0.4, -0.2) is 56.2 Å². The Kier molecular flexibility index (Phi) is 49.1. The Hall–Kier alpha value is -1.50. The molecule has 0 atom stereocenters. The Labute approximate surface area is 330 Å². The second-order valence-electron chi connectivity index (χ2n) is 15.6. The number of carbonyl (C=O) groups excluding carboxylic acids is 2. The van der Waals surface area contributed by atoms with Gasteiger partial charge in [0.05, 0.1) is 13.2 Å². The fourth-order valence-corrected chi connectivity index (χ4v) is 6.95. The zero-order valence-electron chi connectivity index (χ0n) is 36.2. The number of nitrogens with zero attached hydrogens (tertiary/aromatic N) is 2. The highest BCUT2D eigenvalue weighted by molar-refractivity contribution is 5.69. The van der Waals surface area contributed by atoms with Gasteiger partial charge in [-0.2, -0.15) is 4.91 Å². The maximum Gasteiger partial charge on any atom is 0.306 e. The van der Waals surface area contributed by atoms with Gasteiger partial charge in [-0.15, -0.1) is 0 Å². The molecule has 0 aromatic rings. The van der Waals surface area contributed by atoms with E-state index < -0.39 is 0 Å². The third-order valence-corrected chi connectivity index (χ3v) is 10.4. The van der Waals surface area contributed by atoms with Crippen LogP contribution >= 0.6 is 0 Å². The van der Waals surface area contributed by atoms with E-state index in [2.05, 4.69) is 42.5 Å². The lowest BCUT2D eigenvalue weighted by Crippen LogP contribution is -2.27. The summed E-state index contributed by atoms with van der Waals surface area (Å²) >= 11 is 0. The summed E-state index contributed by atoms with van der Waals surface area (Å²) < 4.78 is 10.6. The van der Waals surface area contributed by atoms with Crippen LogP contribution in [0.25, 0.3) is 0 Å². The van der Waals surface area contributed by atoms with Gasteiger partial charge in [0.2, 0.25) is 0 Å². The molecular weight excluding hydrogens is 661 g/mol. The summed E-state index contributed by atoms with van der Waals surface area (Å²) in [4.78, 5) is 35.4. The molecule has 0 unspecified atom stereocenters. The van der Waals surface area contributed by atoms with Crippen molar-refractivity contribution < 1.29 is 19.1 Å². The Morgan fingerprint density at radius 1 is 0.509 bits per heavy atom. The van der Waals surface area contributed by atoms with E-state index in [1.807, 2.05) is 0 Å². The van der Waals surface area contributed by atoms with Crippen LogP contribution in [0, 0.1) is 4.91 Å². The van der Waals surface area contributed by atoms with E-state index in [9.17, 15) is 14.5 Å². The topological polar surface area (TPSA) is 85.3 Å². The summed E-state index contributed by atoms with van der Waals surface area (Å²) in [5.41, 5.74) is 0. The minimum absolute atomic E-state index is 0.0286. The highest BCUT2D eigenvalue weighted by Crippen LogP contribution is 2.18. The molecule has 0 rings (SSSR count). The average Bonchev–Trinajstić information content (AvgIpc) is 3.16. The lowest BCUT2D eigenvalue weighted by Gasteiger charge is -2.22. The van der Waals surface area contributed by atoms with Crippen LogP contribution in [0.15, 0.2) is 5.18 Å². The van der Waals surface area contributed by atoms with E-state index in [0.717, 1.165) is 58.2 Å². The number of carbonyl (C=O) groups is 2. The van der Waals surface area contributed by atoms with Crippen molar-refractivity contribution in [3.8, 4) is 0 Å². The molecule has 0 saturated heterocycles. The van der Waals surface area contributed by atoms with Crippen molar-refractivity contribution in [2.75, 3.05) is 32.8 Å². The number of unbranched alkanes of at least 4 members (excludes halogenated alkanes) is 25. The molecule has 0 fully saturated rings. The molecule has 0 aromatic carbocycles. The summed E-state index contributed by atoms with van der Waals surface area (Å²) in [7, 11) is 0. The number of hydrogen-bond acceptors (Lipinski definition) is 7. The van der Waals surface area contributed by atoms with E-state index in [1.165, 1.54) is 173 Å². The van der Waals surface area contributed by atoms with Crippen molar-refractivity contribution in [2.45, 2.75) is 252 Å². The Balaban J connectivity index is 0. The molecule has 0 heterocycles. The van der Waals surface area contributed by atoms with Crippen molar-refractivity contribution in [3.05, 3.63) is 4.91 Å². The maximum absolute atomic E-state index is 12.6. The molecule has 0 aliphatic rings. The number of nitroso groups, excluding NO2 is 1. The summed E-state index contributed by atoms with van der Waals surface area (Å²) in [6.07, 6.45) is 41.6. The maximum atomic E-state index is 12.6. The predicted octanol–water partition coefficient (Wildman–Crippen LogP) is 14.5. The van der Waals surface area contributed by atoms with Crippen molar-refractivity contribution in [2.24, 2.45) is 5.18 Å². The quantitative estimate of drug-likeness (QED) is 0.0267. The molecule has 0 saturated carbocycles. The molecule has 53 heavy (non-hydrogen) atoms. The molecule has 316 valence electrons. The van der Waals surface area contributed by atoms with Gasteiger partial charge in [-0.05, 0) is 70.9 Å². The number of rotatable bonds is 43. The molecular formula is C46H92N2O5. The SMILES string of the molecule is CCCCCCCCC(CCCCCCCC)OC(=O)CCCCCCCN(CCCCCCCC)CCCN=O.CCCCCCCCCOC=O. The molecule has 0 aliphatic carbocycles. The van der Waals surface area contributed by atoms with Gasteiger partial charge in [0.25, 0.3) is 6.47 Å². The molecule has 0 radical (unpaired) electrons. The lowest BCUT2D eigenvalue weighted by atomic mass is 10.0. The number of ether oxygens (including phenoxy) is 2. The van der Waals surface area contributed by atoms with Crippen molar-refractivity contribution >= 4 is 12.4 Å². The Morgan fingerprint density at radius 2 is 0.887 bits per heavy atom. The van der Waals surface area contributed by atoms with E-state index in [1.54, 1.807) is 0 Å². The van der Waals surface area contributed by atoms with E-state index >= 15 is 0 Å². The average molecular weight is 753 g/mol. The van der Waals surface area contributed by atoms with E-state index in [4.69, 9.17) is 4.74 Å². The number of esters is 1. The molecule has 0 spiro atoms. The minimum Gasteiger partial charge on any atom is -0.468 e. The van der Waals surface area contributed by atoms with Crippen LogP contribution in [-0.2, 0) is 19.1 Å². The van der Waals surface area contributed by atoms with Gasteiger partial charge in [0.1, 0.15) is 6.10 Å². The molecule has 7 nitrogen and oxygen atoms in total. The second kappa shape index (κ2) is 48.5. The van der Waals surface area contributed by atoms with Gasteiger partial charge >= 0.3 is 5.97 Å². The first-order valence-electron chi connectivity index (χ1n) is 23.3. The van der Waals surface area contributed by atoms with Gasteiger partial charge in [0.15, 0.2) is 0 Å². The third kappa shape index (κ3) is 46.6. The standard InChI is InChI=1S/C36H72N2O3.C10H20O2/c1-4-7-10-13-17-22-28-35(29-23-18-14-11-8-5-2)41-36(39)30-24-19-16-21-26-33-38(34-27-31-37-40)32-25-20-15-12-9-6-3;1-2-3-4-5-6-7-8-9-12-10-11/h35H,4-34H2,1-3H3;10H,2-9H2,1H3. The highest BCUT2D eigenvalue weighted by Gasteiger charge is 2.14. The van der Waals surface area contributed by atoms with Crippen molar-refractivity contribution in [1.82, 2.24) is 4.90 Å². The monoisotopic (exact) mass is 753 g/mol. The van der Waals surface area contributed by atoms with E-state index in [0.29, 0.717) is 26.0 Å². The fraction of sp³-hybridized carbons (Fsp3) is 0.957.